The van der Waals surface area contributed by atoms with Crippen molar-refractivity contribution in [2.45, 2.75) is 0 Å². The van der Waals surface area contributed by atoms with Crippen LogP contribution < -0.4 is 4.90 Å². The lowest BCUT2D eigenvalue weighted by molar-refractivity contribution is 1.30. The van der Waals surface area contributed by atoms with Crippen molar-refractivity contribution in [3.05, 3.63) is 200 Å². The van der Waals surface area contributed by atoms with E-state index in [4.69, 9.17) is 0 Å². The highest BCUT2D eigenvalue weighted by Gasteiger charge is 2.16. The Morgan fingerprint density at radius 1 is 0.269 bits per heavy atom. The minimum atomic E-state index is 1.13. The van der Waals surface area contributed by atoms with Crippen LogP contribution in [0.5, 0.6) is 0 Å². The van der Waals surface area contributed by atoms with Gasteiger partial charge in [-0.1, -0.05) is 140 Å². The highest BCUT2D eigenvalue weighted by atomic mass is 32.1. The molecule has 2 heteroatoms. The fourth-order valence-corrected chi connectivity index (χ4v) is 8.62. The molecule has 52 heavy (non-hydrogen) atoms. The number of hydrogen-bond acceptors (Lipinski definition) is 2. The van der Waals surface area contributed by atoms with Gasteiger partial charge in [-0.3, -0.25) is 0 Å². The molecule has 0 aliphatic rings. The molecule has 0 N–H and O–H groups in total. The van der Waals surface area contributed by atoms with Gasteiger partial charge in [0.25, 0.3) is 0 Å². The fraction of sp³-hybridized carbons (Fsp3) is 0. The summed E-state index contributed by atoms with van der Waals surface area (Å²) in [5.41, 5.74) is 10.7. The number of fused-ring (bicyclic) bond motifs is 5. The molecule has 0 radical (unpaired) electrons. The van der Waals surface area contributed by atoms with E-state index in [0.29, 0.717) is 0 Å². The quantitative estimate of drug-likeness (QED) is 0.169. The minimum absolute atomic E-state index is 1.13. The van der Waals surface area contributed by atoms with E-state index in [1.165, 1.54) is 75.1 Å². The van der Waals surface area contributed by atoms with E-state index >= 15 is 0 Å². The van der Waals surface area contributed by atoms with Crippen LogP contribution in [0.2, 0.25) is 0 Å². The van der Waals surface area contributed by atoms with Gasteiger partial charge in [-0.15, -0.1) is 11.3 Å². The summed E-state index contributed by atoms with van der Waals surface area (Å²) in [6.07, 6.45) is 0. The van der Waals surface area contributed by atoms with Gasteiger partial charge in [-0.25, -0.2) is 0 Å². The predicted molar refractivity (Wildman–Crippen MR) is 225 cm³/mol. The predicted octanol–water partition coefficient (Wildman–Crippen LogP) is 14.8. The molecule has 0 aliphatic carbocycles. The molecule has 0 fully saturated rings. The average molecular weight is 680 g/mol. The molecule has 0 amide bonds. The standard InChI is InChI=1S/C50H33NS/c1-2-9-34(10-3-1)40-13-8-14-44(31-40)51(46-27-28-50-48(33-46)47-15-6-7-16-49(47)52-50)45-26-25-38-22-24-42(30-43(38)32-45)37-19-17-36(18-20-37)41-23-21-35-11-4-5-12-39(35)29-41/h1-33H. The second-order valence-electron chi connectivity index (χ2n) is 13.4. The topological polar surface area (TPSA) is 3.24 Å². The average Bonchev–Trinajstić information content (AvgIpc) is 3.59. The molecular formula is C50H33NS. The van der Waals surface area contributed by atoms with Gasteiger partial charge in [-0.2, -0.15) is 0 Å². The summed E-state index contributed by atoms with van der Waals surface area (Å²) in [7, 11) is 0. The van der Waals surface area contributed by atoms with E-state index in [1.807, 2.05) is 11.3 Å². The van der Waals surface area contributed by atoms with Crippen LogP contribution in [0, 0.1) is 0 Å². The van der Waals surface area contributed by atoms with E-state index in [1.54, 1.807) is 0 Å². The van der Waals surface area contributed by atoms with E-state index < -0.39 is 0 Å². The third-order valence-corrected chi connectivity index (χ3v) is 11.4. The van der Waals surface area contributed by atoms with Crippen LogP contribution in [0.1, 0.15) is 0 Å². The first-order valence-corrected chi connectivity index (χ1v) is 18.6. The van der Waals surface area contributed by atoms with Crippen LogP contribution in [-0.2, 0) is 0 Å². The van der Waals surface area contributed by atoms with E-state index in [0.717, 1.165) is 17.1 Å². The third kappa shape index (κ3) is 5.51. The monoisotopic (exact) mass is 679 g/mol. The van der Waals surface area contributed by atoms with E-state index in [2.05, 4.69) is 205 Å². The summed E-state index contributed by atoms with van der Waals surface area (Å²) in [4.78, 5) is 2.41. The van der Waals surface area contributed by atoms with Crippen molar-refractivity contribution in [2.75, 3.05) is 4.90 Å². The van der Waals surface area contributed by atoms with Crippen LogP contribution in [0.15, 0.2) is 200 Å². The van der Waals surface area contributed by atoms with Gasteiger partial charge in [0.05, 0.1) is 0 Å². The largest absolute Gasteiger partial charge is 0.310 e. The summed E-state index contributed by atoms with van der Waals surface area (Å²) in [6.45, 7) is 0. The Hall–Kier alpha value is -6.48. The summed E-state index contributed by atoms with van der Waals surface area (Å²) in [5.74, 6) is 0. The minimum Gasteiger partial charge on any atom is -0.310 e. The van der Waals surface area contributed by atoms with Crippen LogP contribution in [0.25, 0.3) is 75.1 Å². The molecule has 0 saturated heterocycles. The van der Waals surface area contributed by atoms with Crippen LogP contribution in [0.3, 0.4) is 0 Å². The number of benzene rings is 9. The Labute approximate surface area is 307 Å². The highest BCUT2D eigenvalue weighted by Crippen LogP contribution is 2.42. The molecule has 0 spiro atoms. The molecule has 0 atom stereocenters. The molecule has 1 heterocycles. The first-order chi connectivity index (χ1) is 25.7. The lowest BCUT2D eigenvalue weighted by Gasteiger charge is -2.26. The number of nitrogens with zero attached hydrogens (tertiary/aromatic N) is 1. The third-order valence-electron chi connectivity index (χ3n) is 10.2. The highest BCUT2D eigenvalue weighted by molar-refractivity contribution is 7.25. The van der Waals surface area contributed by atoms with Gasteiger partial charge in [0, 0.05) is 37.2 Å². The number of thiophene rings is 1. The summed E-state index contributed by atoms with van der Waals surface area (Å²) >= 11 is 1.86. The molecule has 1 nitrogen and oxygen atoms in total. The molecule has 0 bridgehead atoms. The van der Waals surface area contributed by atoms with E-state index in [9.17, 15) is 0 Å². The van der Waals surface area contributed by atoms with Crippen LogP contribution in [-0.4, -0.2) is 0 Å². The first-order valence-electron chi connectivity index (χ1n) is 17.7. The zero-order valence-electron chi connectivity index (χ0n) is 28.4. The van der Waals surface area contributed by atoms with Gasteiger partial charge < -0.3 is 4.90 Å². The molecule has 0 saturated carbocycles. The van der Waals surface area contributed by atoms with Gasteiger partial charge in [0.1, 0.15) is 0 Å². The van der Waals surface area contributed by atoms with Gasteiger partial charge in [0.15, 0.2) is 0 Å². The van der Waals surface area contributed by atoms with Gasteiger partial charge in [-0.05, 0) is 116 Å². The van der Waals surface area contributed by atoms with Crippen molar-refractivity contribution < 1.29 is 0 Å². The number of rotatable bonds is 6. The van der Waals surface area contributed by atoms with Crippen molar-refractivity contribution in [3.8, 4) is 33.4 Å². The lowest BCUT2D eigenvalue weighted by Crippen LogP contribution is -2.10. The van der Waals surface area contributed by atoms with Crippen molar-refractivity contribution >= 4 is 70.1 Å². The molecule has 244 valence electrons. The van der Waals surface area contributed by atoms with Crippen molar-refractivity contribution in [2.24, 2.45) is 0 Å². The Bertz CT molecular complexity index is 2900. The number of anilines is 3. The summed E-state index contributed by atoms with van der Waals surface area (Å²) in [6, 6.07) is 73.1. The van der Waals surface area contributed by atoms with Crippen molar-refractivity contribution in [1.82, 2.24) is 0 Å². The van der Waals surface area contributed by atoms with Crippen molar-refractivity contribution in [1.29, 1.82) is 0 Å². The fourth-order valence-electron chi connectivity index (χ4n) is 7.53. The first kappa shape index (κ1) is 30.4. The Morgan fingerprint density at radius 3 is 1.60 bits per heavy atom. The molecule has 0 unspecified atom stereocenters. The zero-order valence-corrected chi connectivity index (χ0v) is 29.2. The number of hydrogen-bond donors (Lipinski definition) is 0. The normalized spacial score (nSPS) is 11.5. The summed E-state index contributed by atoms with van der Waals surface area (Å²) in [5, 5.41) is 7.55. The maximum atomic E-state index is 2.41. The Kier molecular flexibility index (Phi) is 7.41. The molecule has 10 aromatic rings. The molecular weight excluding hydrogens is 647 g/mol. The van der Waals surface area contributed by atoms with Gasteiger partial charge >= 0.3 is 0 Å². The zero-order chi connectivity index (χ0) is 34.4. The lowest BCUT2D eigenvalue weighted by atomic mass is 9.97. The van der Waals surface area contributed by atoms with E-state index in [-0.39, 0.29) is 0 Å². The SMILES string of the molecule is c1ccc(-c2cccc(N(c3ccc4ccc(-c5ccc(-c6ccc7ccccc7c6)cc5)cc4c3)c3ccc4sc5ccccc5c4c3)c2)cc1. The van der Waals surface area contributed by atoms with Crippen LogP contribution in [0.4, 0.5) is 17.1 Å². The molecule has 1 aromatic heterocycles. The smallest absolute Gasteiger partial charge is 0.0468 e. The second-order valence-corrected chi connectivity index (χ2v) is 14.5. The Balaban J connectivity index is 1.07. The second kappa shape index (κ2) is 12.7. The maximum Gasteiger partial charge on any atom is 0.0468 e. The van der Waals surface area contributed by atoms with Crippen LogP contribution >= 0.6 is 11.3 Å². The summed E-state index contributed by atoms with van der Waals surface area (Å²) < 4.78 is 2.62. The molecule has 10 rings (SSSR count). The molecule has 9 aromatic carbocycles. The molecule has 0 aliphatic heterocycles. The van der Waals surface area contributed by atoms with Crippen molar-refractivity contribution in [3.63, 3.8) is 0 Å². The van der Waals surface area contributed by atoms with Gasteiger partial charge in [0.2, 0.25) is 0 Å². The Morgan fingerprint density at radius 2 is 0.788 bits per heavy atom. The maximum absolute atomic E-state index is 2.41.